The molecule has 2 rings (SSSR count). The highest BCUT2D eigenvalue weighted by Gasteiger charge is 2.32. The summed E-state index contributed by atoms with van der Waals surface area (Å²) in [5.74, 6) is -1.42. The maximum absolute atomic E-state index is 10.7. The van der Waals surface area contributed by atoms with Gasteiger partial charge < -0.3 is 11.1 Å². The maximum atomic E-state index is 10.7. The third kappa shape index (κ3) is 2.73. The highest BCUT2D eigenvalue weighted by molar-refractivity contribution is 6.31. The molecule has 0 aromatic heterocycles. The van der Waals surface area contributed by atoms with Crippen LogP contribution in [0.4, 0.5) is 0 Å². The monoisotopic (exact) mass is 295 g/mol. The predicted octanol–water partition coefficient (Wildman–Crippen LogP) is 0.882. The number of nitro groups is 1. The van der Waals surface area contributed by atoms with E-state index in [9.17, 15) is 10.1 Å². The van der Waals surface area contributed by atoms with Crippen LogP contribution in [0.2, 0.25) is 5.02 Å². The number of nitrogens with one attached hydrogen (secondary N) is 1. The van der Waals surface area contributed by atoms with Crippen molar-refractivity contribution in [1.29, 1.82) is 0 Å². The minimum absolute atomic E-state index is 0.198. The molecule has 20 heavy (non-hydrogen) atoms. The Balaban J connectivity index is 2.27. The van der Waals surface area contributed by atoms with Gasteiger partial charge in [0, 0.05) is 11.4 Å². The van der Waals surface area contributed by atoms with Gasteiger partial charge in [0.25, 0.3) is 0 Å². The number of halogens is 1. The number of benzene rings is 1. The molecule has 0 saturated heterocycles. The van der Waals surface area contributed by atoms with Crippen LogP contribution in [-0.2, 0) is 6.42 Å². The lowest BCUT2D eigenvalue weighted by molar-refractivity contribution is -0.416. The molecule has 0 spiro atoms. The fraction of sp³-hybridized carbons (Fsp3) is 0.250. The van der Waals surface area contributed by atoms with E-state index in [0.29, 0.717) is 11.4 Å². The molecule has 1 unspecified atom stereocenters. The summed E-state index contributed by atoms with van der Waals surface area (Å²) in [6.07, 6.45) is 1.48. The zero-order chi connectivity index (χ0) is 14.9. The Morgan fingerprint density at radius 2 is 2.25 bits per heavy atom. The molecule has 1 aromatic carbocycles. The van der Waals surface area contributed by atoms with E-state index in [1.165, 1.54) is 6.20 Å². The number of nitrogens with zero attached hydrogens (tertiary/aromatic N) is 2. The lowest BCUT2D eigenvalue weighted by Crippen LogP contribution is -2.55. The largest absolute Gasteiger partial charge is 0.378 e. The molecule has 0 fully saturated rings. The van der Waals surface area contributed by atoms with Crippen molar-refractivity contribution in [2.24, 2.45) is 16.5 Å². The van der Waals surface area contributed by atoms with Crippen LogP contribution in [-0.4, -0.2) is 16.5 Å². The van der Waals surface area contributed by atoms with Gasteiger partial charge in [-0.15, -0.1) is 0 Å². The van der Waals surface area contributed by atoms with Gasteiger partial charge in [0.05, 0.1) is 11.1 Å². The highest BCUT2D eigenvalue weighted by atomic mass is 35.5. The number of nitrogens with two attached hydrogens (primary N) is 2. The number of hydrogen-bond donors (Lipinski definition) is 3. The van der Waals surface area contributed by atoms with E-state index in [1.807, 2.05) is 19.1 Å². The Labute approximate surface area is 120 Å². The predicted molar refractivity (Wildman–Crippen MR) is 76.6 cm³/mol. The van der Waals surface area contributed by atoms with Crippen molar-refractivity contribution in [2.45, 2.75) is 19.1 Å². The van der Waals surface area contributed by atoms with Gasteiger partial charge in [0.1, 0.15) is 0 Å². The maximum Gasteiger partial charge on any atom is 0.326 e. The second-order valence-corrected chi connectivity index (χ2v) is 4.96. The summed E-state index contributed by atoms with van der Waals surface area (Å²) < 4.78 is 0. The van der Waals surface area contributed by atoms with Crippen molar-refractivity contribution in [1.82, 2.24) is 5.32 Å². The second-order valence-electron chi connectivity index (χ2n) is 4.55. The Hall–Kier alpha value is -2.12. The number of hydrogen-bond acceptors (Lipinski definition) is 6. The van der Waals surface area contributed by atoms with E-state index >= 15 is 0 Å². The molecule has 1 aromatic rings. The molecule has 1 atom stereocenters. The lowest BCUT2D eigenvalue weighted by Gasteiger charge is -2.29. The van der Waals surface area contributed by atoms with E-state index in [1.54, 1.807) is 6.07 Å². The third-order valence-electron chi connectivity index (χ3n) is 3.08. The SMILES string of the molecule is Cc1c(Cl)cccc1CC1(N)N=C(N)C([N+](=O)[O-])=CN1. The van der Waals surface area contributed by atoms with Gasteiger partial charge in [-0.2, -0.15) is 0 Å². The first kappa shape index (κ1) is 14.3. The molecule has 0 bridgehead atoms. The van der Waals surface area contributed by atoms with Crippen LogP contribution < -0.4 is 16.8 Å². The third-order valence-corrected chi connectivity index (χ3v) is 3.49. The normalized spacial score (nSPS) is 21.8. The van der Waals surface area contributed by atoms with Crippen molar-refractivity contribution in [3.05, 3.63) is 56.4 Å². The molecule has 106 valence electrons. The van der Waals surface area contributed by atoms with Crippen LogP contribution >= 0.6 is 11.6 Å². The van der Waals surface area contributed by atoms with Crippen LogP contribution in [0.15, 0.2) is 35.1 Å². The van der Waals surface area contributed by atoms with Crippen LogP contribution in [0, 0.1) is 17.0 Å². The van der Waals surface area contributed by atoms with Crippen LogP contribution in [0.5, 0.6) is 0 Å². The molecule has 1 aliphatic heterocycles. The van der Waals surface area contributed by atoms with Crippen molar-refractivity contribution in [3.63, 3.8) is 0 Å². The van der Waals surface area contributed by atoms with Gasteiger partial charge in [0.15, 0.2) is 5.79 Å². The molecule has 1 heterocycles. The molecular weight excluding hydrogens is 282 g/mol. The average molecular weight is 296 g/mol. The van der Waals surface area contributed by atoms with Crippen molar-refractivity contribution in [2.75, 3.05) is 0 Å². The summed E-state index contributed by atoms with van der Waals surface area (Å²) >= 11 is 6.05. The van der Waals surface area contributed by atoms with Gasteiger partial charge in [0.2, 0.25) is 5.84 Å². The van der Waals surface area contributed by atoms with E-state index in [2.05, 4.69) is 10.3 Å². The summed E-state index contributed by atoms with van der Waals surface area (Å²) in [7, 11) is 0. The van der Waals surface area contributed by atoms with E-state index in [-0.39, 0.29) is 11.5 Å². The van der Waals surface area contributed by atoms with Gasteiger partial charge in [-0.05, 0) is 24.1 Å². The Morgan fingerprint density at radius 1 is 1.55 bits per heavy atom. The Bertz CT molecular complexity index is 628. The zero-order valence-electron chi connectivity index (χ0n) is 10.8. The topological polar surface area (TPSA) is 120 Å². The molecule has 5 N–H and O–H groups in total. The minimum atomic E-state index is -1.22. The van der Waals surface area contributed by atoms with E-state index in [0.717, 1.165) is 11.1 Å². The summed E-state index contributed by atoms with van der Waals surface area (Å²) in [4.78, 5) is 14.1. The molecule has 0 saturated carbocycles. The standard InChI is InChI=1S/C12H14ClN5O2/c1-7-8(3-2-4-9(7)13)5-12(15)16-6-10(18(19)20)11(14)17-12/h2-4,6,16H,5,15H2,1H3,(H2,14,17). The first-order chi connectivity index (χ1) is 9.32. The van der Waals surface area contributed by atoms with Gasteiger partial charge in [-0.1, -0.05) is 23.7 Å². The van der Waals surface area contributed by atoms with Crippen molar-refractivity contribution >= 4 is 17.4 Å². The first-order valence-corrected chi connectivity index (χ1v) is 6.21. The molecule has 0 radical (unpaired) electrons. The van der Waals surface area contributed by atoms with E-state index in [4.69, 9.17) is 23.1 Å². The number of rotatable bonds is 3. The fourth-order valence-corrected chi connectivity index (χ4v) is 2.14. The van der Waals surface area contributed by atoms with Gasteiger partial charge in [-0.3, -0.25) is 15.8 Å². The lowest BCUT2D eigenvalue weighted by atomic mass is 10.0. The molecule has 0 aliphatic carbocycles. The molecular formula is C12H14ClN5O2. The Morgan fingerprint density at radius 3 is 2.85 bits per heavy atom. The van der Waals surface area contributed by atoms with Crippen LogP contribution in [0.1, 0.15) is 11.1 Å². The average Bonchev–Trinajstić information content (AvgIpc) is 2.34. The number of aliphatic imine (C=N–C) groups is 1. The zero-order valence-corrected chi connectivity index (χ0v) is 11.5. The molecule has 0 amide bonds. The minimum Gasteiger partial charge on any atom is -0.378 e. The fourth-order valence-electron chi connectivity index (χ4n) is 1.94. The van der Waals surface area contributed by atoms with Crippen molar-refractivity contribution in [3.8, 4) is 0 Å². The van der Waals surface area contributed by atoms with E-state index < -0.39 is 10.7 Å². The van der Waals surface area contributed by atoms with Gasteiger partial charge >= 0.3 is 5.70 Å². The summed E-state index contributed by atoms with van der Waals surface area (Å²) in [5, 5.41) is 14.1. The smallest absolute Gasteiger partial charge is 0.326 e. The summed E-state index contributed by atoms with van der Waals surface area (Å²) in [6.45, 7) is 1.87. The molecule has 8 heteroatoms. The quantitative estimate of drug-likeness (QED) is 0.565. The highest BCUT2D eigenvalue weighted by Crippen LogP contribution is 2.23. The Kier molecular flexibility index (Phi) is 3.65. The summed E-state index contributed by atoms with van der Waals surface area (Å²) in [6, 6.07) is 5.46. The van der Waals surface area contributed by atoms with Gasteiger partial charge in [-0.25, -0.2) is 4.99 Å². The number of amidine groups is 1. The summed E-state index contributed by atoms with van der Waals surface area (Å²) in [5.41, 5.74) is 13.1. The second kappa shape index (κ2) is 5.10. The molecule has 1 aliphatic rings. The van der Waals surface area contributed by atoms with Crippen LogP contribution in [0.25, 0.3) is 0 Å². The first-order valence-electron chi connectivity index (χ1n) is 5.83. The molecule has 7 nitrogen and oxygen atoms in total. The van der Waals surface area contributed by atoms with Crippen LogP contribution in [0.3, 0.4) is 0 Å². The van der Waals surface area contributed by atoms with Crippen molar-refractivity contribution < 1.29 is 4.92 Å².